The molecule has 0 bridgehead atoms. The van der Waals surface area contributed by atoms with Crippen molar-refractivity contribution in [3.8, 4) is 0 Å². The topological polar surface area (TPSA) is 51.1 Å². The molecule has 0 saturated carbocycles. The van der Waals surface area contributed by atoms with Crippen LogP contribution in [0.25, 0.3) is 0 Å². The SMILES string of the molecule is COC(OC)[C@@H]1CSC(N2CCC2SC(C)=O)=N1. The number of thioether (sulfide) groups is 2. The van der Waals surface area contributed by atoms with Gasteiger partial charge >= 0.3 is 0 Å². The summed E-state index contributed by atoms with van der Waals surface area (Å²) in [4.78, 5) is 18.0. The van der Waals surface area contributed by atoms with E-state index in [1.807, 2.05) is 0 Å². The molecule has 0 N–H and O–H groups in total. The highest BCUT2D eigenvalue weighted by Crippen LogP contribution is 2.34. The fourth-order valence-electron chi connectivity index (χ4n) is 1.98. The van der Waals surface area contributed by atoms with Gasteiger partial charge in [0.1, 0.15) is 6.04 Å². The molecule has 0 aromatic carbocycles. The van der Waals surface area contributed by atoms with Crippen LogP contribution in [0.3, 0.4) is 0 Å². The van der Waals surface area contributed by atoms with Gasteiger partial charge in [0, 0.05) is 33.4 Å². The molecule has 1 saturated heterocycles. The van der Waals surface area contributed by atoms with E-state index in [1.54, 1.807) is 32.9 Å². The van der Waals surface area contributed by atoms with Gasteiger partial charge in [-0.25, -0.2) is 0 Å². The predicted octanol–water partition coefficient (Wildman–Crippen LogP) is 1.39. The molecule has 0 aromatic rings. The molecule has 102 valence electrons. The molecule has 1 fully saturated rings. The number of hydrogen-bond acceptors (Lipinski definition) is 7. The number of nitrogens with zero attached hydrogens (tertiary/aromatic N) is 2. The van der Waals surface area contributed by atoms with Crippen molar-refractivity contribution >= 4 is 33.8 Å². The summed E-state index contributed by atoms with van der Waals surface area (Å²) in [7, 11) is 3.26. The second-order valence-electron chi connectivity index (χ2n) is 4.18. The van der Waals surface area contributed by atoms with Gasteiger partial charge in [0.05, 0.1) is 5.37 Å². The van der Waals surface area contributed by atoms with Crippen LogP contribution in [0.4, 0.5) is 0 Å². The summed E-state index contributed by atoms with van der Waals surface area (Å²) in [5.74, 6) is 0.871. The summed E-state index contributed by atoms with van der Waals surface area (Å²) in [6, 6.07) is 0.0450. The second kappa shape index (κ2) is 6.27. The lowest BCUT2D eigenvalue weighted by Crippen LogP contribution is -2.48. The van der Waals surface area contributed by atoms with Gasteiger partial charge < -0.3 is 14.4 Å². The summed E-state index contributed by atoms with van der Waals surface area (Å²) in [5.41, 5.74) is 0. The molecule has 2 heterocycles. The Hall–Kier alpha value is -0.240. The van der Waals surface area contributed by atoms with E-state index in [4.69, 9.17) is 9.47 Å². The Kier molecular flexibility index (Phi) is 4.94. The number of aliphatic imine (C=N–C) groups is 1. The van der Waals surface area contributed by atoms with E-state index >= 15 is 0 Å². The van der Waals surface area contributed by atoms with E-state index in [0.29, 0.717) is 0 Å². The normalized spacial score (nSPS) is 27.3. The molecule has 5 nitrogen and oxygen atoms in total. The van der Waals surface area contributed by atoms with Crippen LogP contribution in [-0.4, -0.2) is 59.4 Å². The Bertz CT molecular complexity index is 347. The fraction of sp³-hybridized carbons (Fsp3) is 0.818. The van der Waals surface area contributed by atoms with Crippen LogP contribution in [-0.2, 0) is 14.3 Å². The minimum Gasteiger partial charge on any atom is -0.354 e. The minimum atomic E-state index is -0.282. The summed E-state index contributed by atoms with van der Waals surface area (Å²) in [5, 5.41) is 1.44. The monoisotopic (exact) mass is 290 g/mol. The van der Waals surface area contributed by atoms with Crippen molar-refractivity contribution < 1.29 is 14.3 Å². The number of methoxy groups -OCH3 is 2. The van der Waals surface area contributed by atoms with E-state index in [1.165, 1.54) is 11.8 Å². The molecule has 0 spiro atoms. The highest BCUT2D eigenvalue weighted by Gasteiger charge is 2.37. The van der Waals surface area contributed by atoms with E-state index < -0.39 is 0 Å². The van der Waals surface area contributed by atoms with Crippen molar-refractivity contribution in [2.75, 3.05) is 26.5 Å². The standard InChI is InChI=1S/C11H18N2O3S2/c1-7(14)18-9-4-5-13(9)11-12-8(6-17-11)10(15-2)16-3/h8-10H,4-6H2,1-3H3/t8-,9?/m0/s1. The Labute approximate surface area is 116 Å². The molecule has 0 aromatic heterocycles. The van der Waals surface area contributed by atoms with Crippen molar-refractivity contribution in [3.05, 3.63) is 0 Å². The van der Waals surface area contributed by atoms with Gasteiger partial charge in [-0.1, -0.05) is 23.5 Å². The molecular formula is C11H18N2O3S2. The van der Waals surface area contributed by atoms with E-state index in [0.717, 1.165) is 23.9 Å². The minimum absolute atomic E-state index is 0.0450. The number of carbonyl (C=O) groups excluding carboxylic acids is 1. The first-order valence-corrected chi connectivity index (χ1v) is 7.72. The van der Waals surface area contributed by atoms with Crippen LogP contribution in [0, 0.1) is 0 Å². The number of ether oxygens (including phenoxy) is 2. The Morgan fingerprint density at radius 3 is 2.78 bits per heavy atom. The molecule has 2 rings (SSSR count). The van der Waals surface area contributed by atoms with Crippen LogP contribution in [0.5, 0.6) is 0 Å². The predicted molar refractivity (Wildman–Crippen MR) is 74.9 cm³/mol. The molecule has 0 amide bonds. The number of carbonyl (C=O) groups is 1. The van der Waals surface area contributed by atoms with Gasteiger partial charge in [-0.05, 0) is 6.42 Å². The fourth-order valence-corrected chi connectivity index (χ4v) is 4.13. The van der Waals surface area contributed by atoms with Gasteiger partial charge in [-0.15, -0.1) is 0 Å². The van der Waals surface area contributed by atoms with Crippen molar-refractivity contribution in [1.29, 1.82) is 0 Å². The zero-order valence-electron chi connectivity index (χ0n) is 10.8. The van der Waals surface area contributed by atoms with Crippen molar-refractivity contribution in [3.63, 3.8) is 0 Å². The Morgan fingerprint density at radius 1 is 1.56 bits per heavy atom. The number of rotatable bonds is 4. The molecule has 2 aliphatic heterocycles. The summed E-state index contributed by atoms with van der Waals surface area (Å²) >= 11 is 3.10. The molecule has 18 heavy (non-hydrogen) atoms. The third kappa shape index (κ3) is 3.01. The second-order valence-corrected chi connectivity index (χ2v) is 6.52. The maximum atomic E-state index is 11.1. The maximum Gasteiger partial charge on any atom is 0.187 e. The maximum absolute atomic E-state index is 11.1. The smallest absolute Gasteiger partial charge is 0.187 e. The lowest BCUT2D eigenvalue weighted by atomic mass is 10.2. The molecule has 2 atom stereocenters. The molecule has 0 radical (unpaired) electrons. The zero-order chi connectivity index (χ0) is 13.1. The van der Waals surface area contributed by atoms with Gasteiger partial charge in [0.25, 0.3) is 0 Å². The summed E-state index contributed by atoms with van der Waals surface area (Å²) in [6.45, 7) is 2.59. The van der Waals surface area contributed by atoms with Crippen molar-refractivity contribution in [1.82, 2.24) is 4.90 Å². The van der Waals surface area contributed by atoms with Crippen LogP contribution in [0.2, 0.25) is 0 Å². The average Bonchev–Trinajstić information content (AvgIpc) is 2.75. The van der Waals surface area contributed by atoms with Gasteiger partial charge in [-0.2, -0.15) is 0 Å². The summed E-state index contributed by atoms with van der Waals surface area (Å²) in [6.07, 6.45) is 0.766. The van der Waals surface area contributed by atoms with Crippen LogP contribution < -0.4 is 0 Å². The molecule has 0 aliphatic carbocycles. The Balaban J connectivity index is 1.94. The third-order valence-electron chi connectivity index (χ3n) is 2.95. The van der Waals surface area contributed by atoms with Crippen molar-refractivity contribution in [2.24, 2.45) is 4.99 Å². The van der Waals surface area contributed by atoms with E-state index in [2.05, 4.69) is 9.89 Å². The number of amidine groups is 1. The summed E-state index contributed by atoms with van der Waals surface area (Å²) < 4.78 is 10.5. The highest BCUT2D eigenvalue weighted by atomic mass is 32.2. The molecule has 7 heteroatoms. The lowest BCUT2D eigenvalue weighted by Gasteiger charge is -2.40. The van der Waals surface area contributed by atoms with Gasteiger partial charge in [-0.3, -0.25) is 9.79 Å². The zero-order valence-corrected chi connectivity index (χ0v) is 12.4. The lowest BCUT2D eigenvalue weighted by molar-refractivity contribution is -0.111. The van der Waals surface area contributed by atoms with E-state index in [-0.39, 0.29) is 22.8 Å². The van der Waals surface area contributed by atoms with Crippen molar-refractivity contribution in [2.45, 2.75) is 31.1 Å². The molecule has 1 unspecified atom stereocenters. The first kappa shape index (κ1) is 14.2. The average molecular weight is 290 g/mol. The Morgan fingerprint density at radius 2 is 2.28 bits per heavy atom. The van der Waals surface area contributed by atoms with Gasteiger partial charge in [0.2, 0.25) is 0 Å². The third-order valence-corrected chi connectivity index (χ3v) is 5.15. The molecule has 2 aliphatic rings. The quantitative estimate of drug-likeness (QED) is 0.729. The van der Waals surface area contributed by atoms with Crippen LogP contribution in [0.1, 0.15) is 13.3 Å². The number of likely N-dealkylation sites (tertiary alicyclic amines) is 1. The molecular weight excluding hydrogens is 272 g/mol. The van der Waals surface area contributed by atoms with E-state index in [9.17, 15) is 4.79 Å². The van der Waals surface area contributed by atoms with Gasteiger partial charge in [0.15, 0.2) is 16.6 Å². The van der Waals surface area contributed by atoms with Crippen LogP contribution >= 0.6 is 23.5 Å². The highest BCUT2D eigenvalue weighted by molar-refractivity contribution is 8.15. The van der Waals surface area contributed by atoms with Crippen LogP contribution in [0.15, 0.2) is 4.99 Å². The largest absolute Gasteiger partial charge is 0.354 e. The number of hydrogen-bond donors (Lipinski definition) is 0. The first-order valence-electron chi connectivity index (χ1n) is 5.85. The first-order chi connectivity index (χ1) is 8.65.